The van der Waals surface area contributed by atoms with Crippen molar-refractivity contribution < 1.29 is 13.2 Å². The van der Waals surface area contributed by atoms with Crippen molar-refractivity contribution in [3.8, 4) is 0 Å². The standard InChI is InChI=1S/C14H15ClN2OS.O2S/c1-3-4-12-8-19-14(16-12)17-13(18)10-5-9(2)6-11(15)7-10;1-3-2/h5-8H,3-4H2,1-2H3,(H,16,17,18);. The highest BCUT2D eigenvalue weighted by Crippen LogP contribution is 2.19. The molecule has 0 saturated heterocycles. The summed E-state index contributed by atoms with van der Waals surface area (Å²) in [6.07, 6.45) is 1.98. The number of anilines is 1. The second kappa shape index (κ2) is 9.45. The number of aromatic nitrogens is 1. The van der Waals surface area contributed by atoms with E-state index < -0.39 is 11.6 Å². The van der Waals surface area contributed by atoms with Gasteiger partial charge in [-0.3, -0.25) is 10.1 Å². The Kier molecular flexibility index (Phi) is 7.94. The Bertz CT molecular complexity index is 662. The number of hydrogen-bond donors (Lipinski definition) is 1. The van der Waals surface area contributed by atoms with Crippen molar-refractivity contribution in [2.45, 2.75) is 26.7 Å². The van der Waals surface area contributed by atoms with Crippen LogP contribution < -0.4 is 5.32 Å². The fourth-order valence-electron chi connectivity index (χ4n) is 1.77. The summed E-state index contributed by atoms with van der Waals surface area (Å²) < 4.78 is 16.6. The molecule has 0 radical (unpaired) electrons. The number of rotatable bonds is 4. The van der Waals surface area contributed by atoms with Crippen molar-refractivity contribution in [1.82, 2.24) is 4.98 Å². The van der Waals surface area contributed by atoms with Gasteiger partial charge in [0.25, 0.3) is 5.91 Å². The molecule has 0 bridgehead atoms. The van der Waals surface area contributed by atoms with Gasteiger partial charge in [0.2, 0.25) is 0 Å². The van der Waals surface area contributed by atoms with Gasteiger partial charge in [0.1, 0.15) is 0 Å². The minimum Gasteiger partial charge on any atom is -0.298 e. The Labute approximate surface area is 141 Å². The number of benzene rings is 1. The normalized spacial score (nSPS) is 9.59. The number of carbonyl (C=O) groups excluding carboxylic acids is 1. The van der Waals surface area contributed by atoms with Gasteiger partial charge in [0.05, 0.1) is 5.69 Å². The molecule has 0 atom stereocenters. The van der Waals surface area contributed by atoms with Crippen LogP contribution in [0.4, 0.5) is 5.13 Å². The van der Waals surface area contributed by atoms with Crippen LogP contribution in [0.1, 0.15) is 35.0 Å². The molecule has 22 heavy (non-hydrogen) atoms. The molecule has 0 spiro atoms. The Morgan fingerprint density at radius 3 is 2.64 bits per heavy atom. The summed E-state index contributed by atoms with van der Waals surface area (Å²) in [6.45, 7) is 4.01. The van der Waals surface area contributed by atoms with Gasteiger partial charge in [0.15, 0.2) is 5.13 Å². The molecule has 0 aliphatic carbocycles. The molecule has 1 amide bonds. The smallest absolute Gasteiger partial charge is 0.298 e. The average Bonchev–Trinajstić information content (AvgIpc) is 2.86. The lowest BCUT2D eigenvalue weighted by molar-refractivity contribution is 0.102. The molecule has 5 nitrogen and oxygen atoms in total. The van der Waals surface area contributed by atoms with Gasteiger partial charge < -0.3 is 0 Å². The zero-order chi connectivity index (χ0) is 16.5. The van der Waals surface area contributed by atoms with E-state index in [-0.39, 0.29) is 5.91 Å². The van der Waals surface area contributed by atoms with Crippen LogP contribution in [0.3, 0.4) is 0 Å². The van der Waals surface area contributed by atoms with E-state index in [1.807, 2.05) is 24.4 Å². The maximum Gasteiger partial charge on any atom is 0.335 e. The topological polar surface area (TPSA) is 76.1 Å². The molecule has 0 aliphatic rings. The predicted molar refractivity (Wildman–Crippen MR) is 89.2 cm³/mol. The zero-order valence-electron chi connectivity index (χ0n) is 12.1. The predicted octanol–water partition coefficient (Wildman–Crippen LogP) is 3.64. The summed E-state index contributed by atoms with van der Waals surface area (Å²) in [7, 11) is 0. The first-order chi connectivity index (χ1) is 10.5. The Balaban J connectivity index is 0.000000745. The van der Waals surface area contributed by atoms with Gasteiger partial charge >= 0.3 is 11.6 Å². The number of nitrogens with one attached hydrogen (secondary N) is 1. The number of halogens is 1. The van der Waals surface area contributed by atoms with E-state index >= 15 is 0 Å². The van der Waals surface area contributed by atoms with E-state index in [0.717, 1.165) is 24.1 Å². The summed E-state index contributed by atoms with van der Waals surface area (Å²) in [5, 5.41) is 5.97. The molecule has 1 aromatic heterocycles. The number of aryl methyl sites for hydroxylation is 2. The molecule has 0 fully saturated rings. The molecule has 2 aromatic rings. The lowest BCUT2D eigenvalue weighted by atomic mass is 10.1. The van der Waals surface area contributed by atoms with Crippen LogP contribution in [-0.2, 0) is 18.0 Å². The third-order valence-electron chi connectivity index (χ3n) is 2.58. The van der Waals surface area contributed by atoms with Crippen molar-refractivity contribution in [3.63, 3.8) is 0 Å². The van der Waals surface area contributed by atoms with E-state index in [1.54, 1.807) is 6.07 Å². The molecule has 1 N–H and O–H groups in total. The molecule has 2 rings (SSSR count). The van der Waals surface area contributed by atoms with Gasteiger partial charge in [-0.05, 0) is 37.1 Å². The van der Waals surface area contributed by atoms with Crippen LogP contribution in [-0.4, -0.2) is 19.3 Å². The van der Waals surface area contributed by atoms with Crippen LogP contribution in [0.2, 0.25) is 5.02 Å². The van der Waals surface area contributed by atoms with E-state index in [0.29, 0.717) is 15.7 Å². The van der Waals surface area contributed by atoms with Gasteiger partial charge in [-0.25, -0.2) is 4.98 Å². The molecular formula is C14H15ClN2O3S2. The lowest BCUT2D eigenvalue weighted by Gasteiger charge is -2.03. The van der Waals surface area contributed by atoms with Crippen molar-refractivity contribution in [3.05, 3.63) is 45.4 Å². The molecular weight excluding hydrogens is 344 g/mol. The summed E-state index contributed by atoms with van der Waals surface area (Å²) >= 11 is 6.64. The van der Waals surface area contributed by atoms with Crippen molar-refractivity contribution in [1.29, 1.82) is 0 Å². The molecule has 8 heteroatoms. The third-order valence-corrected chi connectivity index (χ3v) is 3.61. The highest BCUT2D eigenvalue weighted by molar-refractivity contribution is 7.51. The molecule has 1 aromatic carbocycles. The molecule has 1 heterocycles. The van der Waals surface area contributed by atoms with Gasteiger partial charge in [-0.1, -0.05) is 24.9 Å². The molecule has 0 unspecified atom stereocenters. The zero-order valence-corrected chi connectivity index (χ0v) is 14.5. The van der Waals surface area contributed by atoms with Crippen LogP contribution in [0, 0.1) is 6.92 Å². The van der Waals surface area contributed by atoms with Gasteiger partial charge in [0, 0.05) is 16.0 Å². The first-order valence-corrected chi connectivity index (χ1v) is 8.37. The third kappa shape index (κ3) is 6.05. The summed E-state index contributed by atoms with van der Waals surface area (Å²) in [5.74, 6) is -0.178. The lowest BCUT2D eigenvalue weighted by Crippen LogP contribution is -2.12. The van der Waals surface area contributed by atoms with Gasteiger partial charge in [-0.2, -0.15) is 8.42 Å². The first kappa shape index (κ1) is 18.5. The molecule has 118 valence electrons. The van der Waals surface area contributed by atoms with Crippen LogP contribution in [0.5, 0.6) is 0 Å². The number of amides is 1. The minimum atomic E-state index is -0.750. The fourth-order valence-corrected chi connectivity index (χ4v) is 2.80. The summed E-state index contributed by atoms with van der Waals surface area (Å²) in [5.41, 5.74) is 2.53. The second-order valence-electron chi connectivity index (χ2n) is 4.43. The maximum atomic E-state index is 12.1. The Morgan fingerprint density at radius 2 is 2.05 bits per heavy atom. The number of hydrogen-bond acceptors (Lipinski definition) is 5. The number of carbonyl (C=O) groups is 1. The monoisotopic (exact) mass is 358 g/mol. The van der Waals surface area contributed by atoms with E-state index in [1.165, 1.54) is 11.3 Å². The average molecular weight is 359 g/mol. The Hall–Kier alpha value is -1.57. The maximum absolute atomic E-state index is 12.1. The number of thiazole rings is 1. The van der Waals surface area contributed by atoms with Crippen molar-refractivity contribution in [2.75, 3.05) is 5.32 Å². The highest BCUT2D eigenvalue weighted by Gasteiger charge is 2.10. The van der Waals surface area contributed by atoms with Gasteiger partial charge in [-0.15, -0.1) is 11.3 Å². The largest absolute Gasteiger partial charge is 0.335 e. The SMILES string of the molecule is CCCc1csc(NC(=O)c2cc(C)cc(Cl)c2)n1.O=S=O. The summed E-state index contributed by atoms with van der Waals surface area (Å²) in [4.78, 5) is 16.4. The first-order valence-electron chi connectivity index (χ1n) is 6.44. The van der Waals surface area contributed by atoms with Crippen molar-refractivity contribution >= 4 is 45.5 Å². The van der Waals surface area contributed by atoms with Crippen LogP contribution in [0.15, 0.2) is 23.6 Å². The quantitative estimate of drug-likeness (QED) is 0.905. The van der Waals surface area contributed by atoms with E-state index in [2.05, 4.69) is 17.2 Å². The van der Waals surface area contributed by atoms with Crippen LogP contribution in [0.25, 0.3) is 0 Å². The molecule has 0 aliphatic heterocycles. The van der Waals surface area contributed by atoms with Crippen molar-refractivity contribution in [2.24, 2.45) is 0 Å². The summed E-state index contributed by atoms with van der Waals surface area (Å²) in [6, 6.07) is 5.29. The fraction of sp³-hybridized carbons (Fsp3) is 0.286. The second-order valence-corrected chi connectivity index (χ2v) is 5.86. The molecule has 0 saturated carbocycles. The number of nitrogens with zero attached hydrogens (tertiary/aromatic N) is 1. The minimum absolute atomic E-state index is 0.178. The Morgan fingerprint density at radius 1 is 1.36 bits per heavy atom. The van der Waals surface area contributed by atoms with E-state index in [4.69, 9.17) is 20.0 Å². The highest BCUT2D eigenvalue weighted by atomic mass is 35.5. The van der Waals surface area contributed by atoms with Crippen LogP contribution >= 0.6 is 22.9 Å². The van der Waals surface area contributed by atoms with E-state index in [9.17, 15) is 4.79 Å².